The maximum Gasteiger partial charge on any atom is 0.169 e. The first-order chi connectivity index (χ1) is 11.1. The maximum atomic E-state index is 9.44. The topological polar surface area (TPSA) is 68.9 Å². The lowest BCUT2D eigenvalue weighted by Gasteiger charge is -2.35. The van der Waals surface area contributed by atoms with Crippen LogP contribution < -0.4 is 4.90 Å². The van der Waals surface area contributed by atoms with Gasteiger partial charge in [0.25, 0.3) is 0 Å². The fourth-order valence-electron chi connectivity index (χ4n) is 2.78. The molecule has 0 amide bonds. The highest BCUT2D eigenvalue weighted by Gasteiger charge is 2.22. The summed E-state index contributed by atoms with van der Waals surface area (Å²) in [6.45, 7) is 10.3. The molecule has 2 aromatic heterocycles. The number of hydrogen-bond acceptors (Lipinski definition) is 7. The van der Waals surface area contributed by atoms with E-state index in [1.165, 1.54) is 0 Å². The number of aromatic nitrogens is 3. The lowest BCUT2D eigenvalue weighted by atomic mass is 10.1. The van der Waals surface area contributed by atoms with Gasteiger partial charge in [0.15, 0.2) is 5.82 Å². The predicted octanol–water partition coefficient (Wildman–Crippen LogP) is 2.05. The van der Waals surface area contributed by atoms with Crippen LogP contribution in [-0.2, 0) is 6.54 Å². The predicted molar refractivity (Wildman–Crippen MR) is 90.6 cm³/mol. The monoisotopic (exact) mass is 328 g/mol. The quantitative estimate of drug-likeness (QED) is 0.859. The summed E-state index contributed by atoms with van der Waals surface area (Å²) in [5, 5.41) is 21.1. The third-order valence-electron chi connectivity index (χ3n) is 4.27. The number of aryl methyl sites for hydroxylation is 2. The van der Waals surface area contributed by atoms with Gasteiger partial charge in [-0.3, -0.25) is 4.90 Å². The van der Waals surface area contributed by atoms with E-state index in [-0.39, 0.29) is 0 Å². The summed E-state index contributed by atoms with van der Waals surface area (Å²) in [6, 6.07) is 2.29. The van der Waals surface area contributed by atoms with Crippen LogP contribution in [0.3, 0.4) is 0 Å². The van der Waals surface area contributed by atoms with Gasteiger partial charge in [-0.1, -0.05) is 0 Å². The molecule has 7 heteroatoms. The SMILES string of the molecule is Cc1nc(CN2CCN(c3nnc(C)c(C)c3C#N)CC2)cs1. The lowest BCUT2D eigenvalue weighted by molar-refractivity contribution is 0.246. The van der Waals surface area contributed by atoms with Crippen molar-refractivity contribution in [2.75, 3.05) is 31.1 Å². The third kappa shape index (κ3) is 3.33. The van der Waals surface area contributed by atoms with Crippen LogP contribution in [0.4, 0.5) is 5.82 Å². The van der Waals surface area contributed by atoms with Gasteiger partial charge in [-0.25, -0.2) is 4.98 Å². The van der Waals surface area contributed by atoms with E-state index in [1.807, 2.05) is 20.8 Å². The van der Waals surface area contributed by atoms with E-state index in [2.05, 4.69) is 36.4 Å². The molecule has 120 valence electrons. The van der Waals surface area contributed by atoms with Gasteiger partial charge in [0.05, 0.1) is 16.4 Å². The van der Waals surface area contributed by atoms with Crippen LogP contribution >= 0.6 is 11.3 Å². The molecule has 0 bridgehead atoms. The minimum atomic E-state index is 0.654. The molecule has 0 unspecified atom stereocenters. The molecule has 1 saturated heterocycles. The van der Waals surface area contributed by atoms with E-state index in [1.54, 1.807) is 11.3 Å². The first kappa shape index (κ1) is 15.8. The zero-order chi connectivity index (χ0) is 16.4. The van der Waals surface area contributed by atoms with Gasteiger partial charge in [0, 0.05) is 38.1 Å². The molecule has 1 fully saturated rings. The second-order valence-electron chi connectivity index (χ2n) is 5.84. The molecule has 0 saturated carbocycles. The first-order valence-electron chi connectivity index (χ1n) is 7.70. The Morgan fingerprint density at radius 1 is 1.17 bits per heavy atom. The molecule has 1 aliphatic heterocycles. The molecule has 23 heavy (non-hydrogen) atoms. The van der Waals surface area contributed by atoms with Crippen molar-refractivity contribution in [3.05, 3.63) is 32.9 Å². The molecule has 0 spiro atoms. The fraction of sp³-hybridized carbons (Fsp3) is 0.500. The van der Waals surface area contributed by atoms with Crippen LogP contribution in [0.1, 0.15) is 27.5 Å². The summed E-state index contributed by atoms with van der Waals surface area (Å²) in [4.78, 5) is 9.09. The third-order valence-corrected chi connectivity index (χ3v) is 5.09. The Hall–Kier alpha value is -2.04. The first-order valence-corrected chi connectivity index (χ1v) is 8.58. The number of rotatable bonds is 3. The molecule has 6 nitrogen and oxygen atoms in total. The second kappa shape index (κ2) is 6.60. The number of anilines is 1. The van der Waals surface area contributed by atoms with Crippen molar-refractivity contribution < 1.29 is 0 Å². The number of nitrogens with zero attached hydrogens (tertiary/aromatic N) is 6. The summed E-state index contributed by atoms with van der Waals surface area (Å²) < 4.78 is 0. The van der Waals surface area contributed by atoms with Crippen molar-refractivity contribution >= 4 is 17.2 Å². The van der Waals surface area contributed by atoms with Crippen LogP contribution in [0.25, 0.3) is 0 Å². The number of hydrogen-bond donors (Lipinski definition) is 0. The van der Waals surface area contributed by atoms with Crippen LogP contribution in [0.2, 0.25) is 0 Å². The Labute approximate surface area is 140 Å². The van der Waals surface area contributed by atoms with Gasteiger partial charge in [-0.2, -0.15) is 10.4 Å². The normalized spacial score (nSPS) is 15.7. The Morgan fingerprint density at radius 2 is 1.91 bits per heavy atom. The number of thiazole rings is 1. The molecule has 3 rings (SSSR count). The highest BCUT2D eigenvalue weighted by atomic mass is 32.1. The van der Waals surface area contributed by atoms with Crippen LogP contribution in [0.15, 0.2) is 5.38 Å². The zero-order valence-corrected chi connectivity index (χ0v) is 14.5. The highest BCUT2D eigenvalue weighted by molar-refractivity contribution is 7.09. The zero-order valence-electron chi connectivity index (χ0n) is 13.7. The van der Waals surface area contributed by atoms with Crippen LogP contribution in [0, 0.1) is 32.1 Å². The molecule has 1 aliphatic rings. The van der Waals surface area contributed by atoms with Crippen molar-refractivity contribution in [1.29, 1.82) is 5.26 Å². The van der Waals surface area contributed by atoms with Crippen LogP contribution in [0.5, 0.6) is 0 Å². The van der Waals surface area contributed by atoms with E-state index in [4.69, 9.17) is 0 Å². The summed E-state index contributed by atoms with van der Waals surface area (Å²) in [5.74, 6) is 0.722. The molecular formula is C16H20N6S. The molecule has 0 N–H and O–H groups in total. The highest BCUT2D eigenvalue weighted by Crippen LogP contribution is 2.22. The summed E-state index contributed by atoms with van der Waals surface area (Å²) in [7, 11) is 0. The van der Waals surface area contributed by atoms with Crippen LogP contribution in [-0.4, -0.2) is 46.3 Å². The Morgan fingerprint density at radius 3 is 2.52 bits per heavy atom. The fourth-order valence-corrected chi connectivity index (χ4v) is 3.38. The van der Waals surface area contributed by atoms with E-state index in [0.29, 0.717) is 5.56 Å². The number of nitriles is 1. The summed E-state index contributed by atoms with van der Waals surface area (Å²) in [6.07, 6.45) is 0. The van der Waals surface area contributed by atoms with E-state index in [9.17, 15) is 5.26 Å². The lowest BCUT2D eigenvalue weighted by Crippen LogP contribution is -2.46. The van der Waals surface area contributed by atoms with E-state index >= 15 is 0 Å². The average molecular weight is 328 g/mol. The second-order valence-corrected chi connectivity index (χ2v) is 6.90. The van der Waals surface area contributed by atoms with Gasteiger partial charge in [0.1, 0.15) is 11.6 Å². The minimum Gasteiger partial charge on any atom is -0.351 e. The molecular weight excluding hydrogens is 308 g/mol. The largest absolute Gasteiger partial charge is 0.351 e. The minimum absolute atomic E-state index is 0.654. The van der Waals surface area contributed by atoms with Gasteiger partial charge in [-0.15, -0.1) is 16.4 Å². The maximum absolute atomic E-state index is 9.44. The smallest absolute Gasteiger partial charge is 0.169 e. The molecule has 0 aliphatic carbocycles. The summed E-state index contributed by atoms with van der Waals surface area (Å²) in [5.41, 5.74) is 3.55. The van der Waals surface area contributed by atoms with E-state index < -0.39 is 0 Å². The molecule has 2 aromatic rings. The van der Waals surface area contributed by atoms with Gasteiger partial charge >= 0.3 is 0 Å². The standard InChI is InChI=1S/C16H20N6S/c1-11-12(2)19-20-16(15(11)8-17)22-6-4-21(5-7-22)9-14-10-23-13(3)18-14/h10H,4-7,9H2,1-3H3. The average Bonchev–Trinajstić information content (AvgIpc) is 2.96. The summed E-state index contributed by atoms with van der Waals surface area (Å²) >= 11 is 1.70. The Bertz CT molecular complexity index is 740. The van der Waals surface area contributed by atoms with Crippen molar-refractivity contribution in [1.82, 2.24) is 20.1 Å². The number of piperazine rings is 1. The van der Waals surface area contributed by atoms with Gasteiger partial charge in [-0.05, 0) is 26.3 Å². The van der Waals surface area contributed by atoms with Crippen molar-refractivity contribution in [3.8, 4) is 6.07 Å². The van der Waals surface area contributed by atoms with E-state index in [0.717, 1.165) is 60.5 Å². The Kier molecular flexibility index (Phi) is 4.55. The van der Waals surface area contributed by atoms with Crippen molar-refractivity contribution in [3.63, 3.8) is 0 Å². The van der Waals surface area contributed by atoms with Gasteiger partial charge in [0.2, 0.25) is 0 Å². The molecule has 0 atom stereocenters. The molecule has 3 heterocycles. The van der Waals surface area contributed by atoms with Gasteiger partial charge < -0.3 is 4.90 Å². The molecule has 0 aromatic carbocycles. The van der Waals surface area contributed by atoms with Crippen molar-refractivity contribution in [2.45, 2.75) is 27.3 Å². The van der Waals surface area contributed by atoms with Crippen molar-refractivity contribution in [2.24, 2.45) is 0 Å². The Balaban J connectivity index is 1.67. The molecule has 0 radical (unpaired) electrons.